The monoisotopic (exact) mass is 364 g/mol. The van der Waals surface area contributed by atoms with Gasteiger partial charge in [0, 0.05) is 24.1 Å². The van der Waals surface area contributed by atoms with Crippen LogP contribution in [0.1, 0.15) is 30.4 Å². The molecule has 0 saturated heterocycles. The highest BCUT2D eigenvalue weighted by Gasteiger charge is 2.10. The zero-order chi connectivity index (χ0) is 19.2. The van der Waals surface area contributed by atoms with Crippen molar-refractivity contribution in [3.8, 4) is 17.1 Å². The number of anilines is 1. The molecule has 27 heavy (non-hydrogen) atoms. The van der Waals surface area contributed by atoms with Crippen molar-refractivity contribution in [3.05, 3.63) is 65.7 Å². The van der Waals surface area contributed by atoms with Crippen molar-refractivity contribution in [2.75, 3.05) is 11.9 Å². The molecule has 3 rings (SSSR count). The number of ether oxygens (including phenoxy) is 1. The number of nitrogens with one attached hydrogen (secondary N) is 1. The summed E-state index contributed by atoms with van der Waals surface area (Å²) in [6.45, 7) is 6.62. The predicted molar refractivity (Wildman–Crippen MR) is 106 cm³/mol. The van der Waals surface area contributed by atoms with Gasteiger partial charge in [-0.05, 0) is 62.2 Å². The van der Waals surface area contributed by atoms with E-state index in [1.54, 1.807) is 6.20 Å². The summed E-state index contributed by atoms with van der Waals surface area (Å²) in [6, 6.07) is 13.5. The fourth-order valence-electron chi connectivity index (χ4n) is 2.76. The van der Waals surface area contributed by atoms with E-state index in [-0.39, 0.29) is 5.91 Å². The molecule has 0 aliphatic carbocycles. The minimum absolute atomic E-state index is 0.0514. The molecule has 0 atom stereocenters. The molecule has 0 aliphatic rings. The second kappa shape index (κ2) is 8.54. The Hall–Kier alpha value is -3.08. The highest BCUT2D eigenvalue weighted by atomic mass is 16.5. The summed E-state index contributed by atoms with van der Waals surface area (Å²) in [5.74, 6) is 2.01. The van der Waals surface area contributed by atoms with Gasteiger partial charge in [0.2, 0.25) is 5.91 Å². The molecule has 140 valence electrons. The van der Waals surface area contributed by atoms with Crippen LogP contribution in [0.5, 0.6) is 5.75 Å². The molecule has 3 aromatic rings. The summed E-state index contributed by atoms with van der Waals surface area (Å²) < 4.78 is 11.2. The number of carbonyl (C=O) groups is 1. The largest absolute Gasteiger partial charge is 0.494 e. The van der Waals surface area contributed by atoms with Gasteiger partial charge in [0.05, 0.1) is 12.8 Å². The van der Waals surface area contributed by atoms with Gasteiger partial charge in [-0.1, -0.05) is 12.1 Å². The number of carbonyl (C=O) groups excluding carboxylic acids is 1. The first-order valence-corrected chi connectivity index (χ1v) is 9.11. The van der Waals surface area contributed by atoms with Crippen molar-refractivity contribution in [1.82, 2.24) is 4.98 Å². The van der Waals surface area contributed by atoms with E-state index >= 15 is 0 Å². The van der Waals surface area contributed by atoms with Crippen LogP contribution < -0.4 is 10.1 Å². The Morgan fingerprint density at radius 2 is 1.93 bits per heavy atom. The number of benzene rings is 2. The van der Waals surface area contributed by atoms with E-state index in [2.05, 4.69) is 10.3 Å². The first-order chi connectivity index (χ1) is 13.1. The maximum Gasteiger partial charge on any atom is 0.224 e. The zero-order valence-corrected chi connectivity index (χ0v) is 15.9. The highest BCUT2D eigenvalue weighted by Crippen LogP contribution is 2.24. The van der Waals surface area contributed by atoms with Crippen LogP contribution in [0.25, 0.3) is 11.3 Å². The van der Waals surface area contributed by atoms with Crippen molar-refractivity contribution in [2.45, 2.75) is 33.6 Å². The minimum Gasteiger partial charge on any atom is -0.494 e. The van der Waals surface area contributed by atoms with E-state index in [9.17, 15) is 4.79 Å². The molecular formula is C22H24N2O3. The van der Waals surface area contributed by atoms with Crippen LogP contribution in [-0.2, 0) is 11.2 Å². The number of aromatic nitrogens is 1. The summed E-state index contributed by atoms with van der Waals surface area (Å²) >= 11 is 0. The third-order valence-electron chi connectivity index (χ3n) is 4.45. The first kappa shape index (κ1) is 18.7. The van der Waals surface area contributed by atoms with Crippen molar-refractivity contribution in [2.24, 2.45) is 0 Å². The summed E-state index contributed by atoms with van der Waals surface area (Å²) in [4.78, 5) is 16.5. The normalized spacial score (nSPS) is 10.6. The maximum atomic E-state index is 12.2. The molecule has 0 bridgehead atoms. The van der Waals surface area contributed by atoms with E-state index < -0.39 is 0 Å². The van der Waals surface area contributed by atoms with Crippen LogP contribution in [0.2, 0.25) is 0 Å². The third kappa shape index (κ3) is 4.76. The Kier molecular flexibility index (Phi) is 5.91. The summed E-state index contributed by atoms with van der Waals surface area (Å²) in [7, 11) is 0. The fourth-order valence-corrected chi connectivity index (χ4v) is 2.76. The number of rotatable bonds is 7. The topological polar surface area (TPSA) is 64.4 Å². The quantitative estimate of drug-likeness (QED) is 0.646. The van der Waals surface area contributed by atoms with Crippen molar-refractivity contribution >= 4 is 11.6 Å². The van der Waals surface area contributed by atoms with Gasteiger partial charge in [-0.2, -0.15) is 0 Å². The number of hydrogen-bond acceptors (Lipinski definition) is 4. The molecule has 0 unspecified atom stereocenters. The van der Waals surface area contributed by atoms with Crippen LogP contribution in [-0.4, -0.2) is 17.5 Å². The third-order valence-corrected chi connectivity index (χ3v) is 4.45. The lowest BCUT2D eigenvalue weighted by Gasteiger charge is -2.09. The van der Waals surface area contributed by atoms with Gasteiger partial charge in [0.25, 0.3) is 0 Å². The standard InChI is InChI=1S/C22H24N2O3/c1-4-26-18-10-8-17(9-11-18)20-14-23-22(27-20)13-12-21(25)24-19-7-5-6-15(2)16(19)3/h5-11,14H,4,12-13H2,1-3H3,(H,24,25). The lowest BCUT2D eigenvalue weighted by atomic mass is 10.1. The van der Waals surface area contributed by atoms with Crippen LogP contribution in [0.15, 0.2) is 53.1 Å². The molecule has 5 heteroatoms. The molecule has 1 heterocycles. The Morgan fingerprint density at radius 3 is 2.67 bits per heavy atom. The summed E-state index contributed by atoms with van der Waals surface area (Å²) in [5.41, 5.74) is 4.01. The second-order valence-electron chi connectivity index (χ2n) is 6.37. The van der Waals surface area contributed by atoms with E-state index in [1.807, 2.05) is 63.2 Å². The molecule has 5 nitrogen and oxygen atoms in total. The van der Waals surface area contributed by atoms with Crippen molar-refractivity contribution in [3.63, 3.8) is 0 Å². The number of hydrogen-bond donors (Lipinski definition) is 1. The molecular weight excluding hydrogens is 340 g/mol. The second-order valence-corrected chi connectivity index (χ2v) is 6.37. The molecule has 0 aliphatic heterocycles. The van der Waals surface area contributed by atoms with Crippen LogP contribution in [0, 0.1) is 13.8 Å². The maximum absolute atomic E-state index is 12.2. The Morgan fingerprint density at radius 1 is 1.15 bits per heavy atom. The molecule has 0 fully saturated rings. The van der Waals surface area contributed by atoms with Gasteiger partial charge in [-0.3, -0.25) is 4.79 Å². The molecule has 1 aromatic heterocycles. The molecule has 0 saturated carbocycles. The van der Waals surface area contributed by atoms with Crippen molar-refractivity contribution in [1.29, 1.82) is 0 Å². The number of amides is 1. The molecule has 2 aromatic carbocycles. The first-order valence-electron chi connectivity index (χ1n) is 9.11. The molecule has 0 radical (unpaired) electrons. The Labute approximate surface area is 159 Å². The van der Waals surface area contributed by atoms with E-state index in [1.165, 1.54) is 0 Å². The van der Waals surface area contributed by atoms with Crippen LogP contribution >= 0.6 is 0 Å². The van der Waals surface area contributed by atoms with Gasteiger partial charge >= 0.3 is 0 Å². The van der Waals surface area contributed by atoms with Crippen LogP contribution in [0.3, 0.4) is 0 Å². The minimum atomic E-state index is -0.0514. The molecule has 1 N–H and O–H groups in total. The number of oxazole rings is 1. The van der Waals surface area contributed by atoms with Gasteiger partial charge < -0.3 is 14.5 Å². The van der Waals surface area contributed by atoms with Gasteiger partial charge in [-0.25, -0.2) is 4.98 Å². The predicted octanol–water partition coefficient (Wildman–Crippen LogP) is 4.93. The molecule has 0 spiro atoms. The SMILES string of the molecule is CCOc1ccc(-c2cnc(CCC(=O)Nc3cccc(C)c3C)o2)cc1. The zero-order valence-electron chi connectivity index (χ0n) is 15.9. The van der Waals surface area contributed by atoms with Gasteiger partial charge in [0.1, 0.15) is 5.75 Å². The lowest BCUT2D eigenvalue weighted by molar-refractivity contribution is -0.116. The van der Waals surface area contributed by atoms with E-state index in [0.717, 1.165) is 28.1 Å². The summed E-state index contributed by atoms with van der Waals surface area (Å²) in [5, 5.41) is 2.96. The fraction of sp³-hybridized carbons (Fsp3) is 0.273. The number of aryl methyl sites for hydroxylation is 2. The van der Waals surface area contributed by atoms with Crippen LogP contribution in [0.4, 0.5) is 5.69 Å². The lowest BCUT2D eigenvalue weighted by Crippen LogP contribution is -2.13. The molecule has 1 amide bonds. The number of nitrogens with zero attached hydrogens (tertiary/aromatic N) is 1. The average molecular weight is 364 g/mol. The van der Waals surface area contributed by atoms with Crippen molar-refractivity contribution < 1.29 is 13.9 Å². The van der Waals surface area contributed by atoms with Gasteiger partial charge in [0.15, 0.2) is 11.7 Å². The highest BCUT2D eigenvalue weighted by molar-refractivity contribution is 5.91. The van der Waals surface area contributed by atoms with Gasteiger partial charge in [-0.15, -0.1) is 0 Å². The average Bonchev–Trinajstić information content (AvgIpc) is 3.14. The van der Waals surface area contributed by atoms with E-state index in [0.29, 0.717) is 31.1 Å². The Balaban J connectivity index is 1.57. The summed E-state index contributed by atoms with van der Waals surface area (Å²) in [6.07, 6.45) is 2.46. The van der Waals surface area contributed by atoms with E-state index in [4.69, 9.17) is 9.15 Å². The smallest absolute Gasteiger partial charge is 0.224 e. The Bertz CT molecular complexity index is 914.